The van der Waals surface area contributed by atoms with E-state index in [4.69, 9.17) is 0 Å². The molecular formula is C15H24NO+. The van der Waals surface area contributed by atoms with Crippen molar-refractivity contribution in [3.63, 3.8) is 0 Å². The monoisotopic (exact) mass is 234 g/mol. The van der Waals surface area contributed by atoms with Crippen LogP contribution in [0.1, 0.15) is 30.9 Å². The molecule has 1 heterocycles. The van der Waals surface area contributed by atoms with E-state index in [9.17, 15) is 5.11 Å². The number of quaternary nitrogens is 1. The Balaban J connectivity index is 1.90. The lowest BCUT2D eigenvalue weighted by molar-refractivity contribution is -0.922. The van der Waals surface area contributed by atoms with Crippen LogP contribution in [0.5, 0.6) is 0 Å². The molecule has 2 N–H and O–H groups in total. The molecule has 2 rings (SSSR count). The minimum absolute atomic E-state index is 0.359. The number of aliphatic hydroxyl groups excluding tert-OH is 1. The van der Waals surface area contributed by atoms with Gasteiger partial charge in [0.2, 0.25) is 0 Å². The Labute approximate surface area is 104 Å². The summed E-state index contributed by atoms with van der Waals surface area (Å²) in [5.41, 5.74) is 2.84. The van der Waals surface area contributed by atoms with Gasteiger partial charge in [-0.2, -0.15) is 0 Å². The van der Waals surface area contributed by atoms with Crippen molar-refractivity contribution in [1.29, 1.82) is 0 Å². The zero-order chi connectivity index (χ0) is 12.1. The average Bonchev–Trinajstić information content (AvgIpc) is 2.40. The van der Waals surface area contributed by atoms with E-state index in [2.05, 4.69) is 31.2 Å². The molecule has 1 aromatic rings. The van der Waals surface area contributed by atoms with Crippen LogP contribution in [-0.4, -0.2) is 24.8 Å². The van der Waals surface area contributed by atoms with Gasteiger partial charge < -0.3 is 10.0 Å². The second-order valence-electron chi connectivity index (χ2n) is 5.24. The fraction of sp³-hybridized carbons (Fsp3) is 0.600. The first-order valence-electron chi connectivity index (χ1n) is 6.84. The SMILES string of the molecule is CCc1ccc(C[NH+]2CCC[C@@H](CO)C2)cc1. The molecule has 17 heavy (non-hydrogen) atoms. The van der Waals surface area contributed by atoms with Crippen LogP contribution >= 0.6 is 0 Å². The van der Waals surface area contributed by atoms with E-state index >= 15 is 0 Å². The molecule has 1 fully saturated rings. The van der Waals surface area contributed by atoms with Gasteiger partial charge in [0, 0.05) is 11.5 Å². The summed E-state index contributed by atoms with van der Waals surface area (Å²) in [6, 6.07) is 8.99. The highest BCUT2D eigenvalue weighted by molar-refractivity contribution is 5.21. The van der Waals surface area contributed by atoms with E-state index in [0.29, 0.717) is 12.5 Å². The van der Waals surface area contributed by atoms with Crippen LogP contribution in [0.15, 0.2) is 24.3 Å². The van der Waals surface area contributed by atoms with E-state index < -0.39 is 0 Å². The largest absolute Gasteiger partial charge is 0.396 e. The van der Waals surface area contributed by atoms with Crippen molar-refractivity contribution in [2.45, 2.75) is 32.7 Å². The lowest BCUT2D eigenvalue weighted by Gasteiger charge is -2.28. The van der Waals surface area contributed by atoms with Gasteiger partial charge >= 0.3 is 0 Å². The van der Waals surface area contributed by atoms with Crippen molar-refractivity contribution in [3.05, 3.63) is 35.4 Å². The van der Waals surface area contributed by atoms with Crippen molar-refractivity contribution < 1.29 is 10.0 Å². The predicted octanol–water partition coefficient (Wildman–Crippen LogP) is 1.04. The standard InChI is InChI=1S/C15H23NO/c1-2-13-5-7-14(8-6-13)10-16-9-3-4-15(11-16)12-17/h5-8,15,17H,2-4,9-12H2,1H3/p+1/t15-/m1/s1. The van der Waals surface area contributed by atoms with Crippen molar-refractivity contribution in [2.24, 2.45) is 5.92 Å². The summed E-state index contributed by atoms with van der Waals surface area (Å²) in [4.78, 5) is 1.62. The molecule has 1 unspecified atom stereocenters. The highest BCUT2D eigenvalue weighted by atomic mass is 16.3. The van der Waals surface area contributed by atoms with E-state index in [-0.39, 0.29) is 0 Å². The second-order valence-corrected chi connectivity index (χ2v) is 5.24. The van der Waals surface area contributed by atoms with Crippen LogP contribution < -0.4 is 4.90 Å². The molecule has 1 aromatic carbocycles. The molecule has 1 saturated heterocycles. The van der Waals surface area contributed by atoms with Gasteiger partial charge in [-0.25, -0.2) is 0 Å². The van der Waals surface area contributed by atoms with E-state index in [1.54, 1.807) is 4.90 Å². The highest BCUT2D eigenvalue weighted by Crippen LogP contribution is 2.08. The quantitative estimate of drug-likeness (QED) is 0.799. The number of nitrogens with one attached hydrogen (secondary N) is 1. The minimum Gasteiger partial charge on any atom is -0.396 e. The summed E-state index contributed by atoms with van der Waals surface area (Å²) in [5.74, 6) is 0.522. The van der Waals surface area contributed by atoms with Crippen molar-refractivity contribution in [3.8, 4) is 0 Å². The first-order valence-corrected chi connectivity index (χ1v) is 6.84. The third-order valence-corrected chi connectivity index (χ3v) is 3.86. The topological polar surface area (TPSA) is 24.7 Å². The summed E-state index contributed by atoms with van der Waals surface area (Å²) < 4.78 is 0. The molecule has 1 aliphatic heterocycles. The van der Waals surface area contributed by atoms with Gasteiger partial charge in [-0.15, -0.1) is 0 Å². The Hall–Kier alpha value is -0.860. The molecule has 2 nitrogen and oxygen atoms in total. The summed E-state index contributed by atoms with van der Waals surface area (Å²) in [6.07, 6.45) is 3.58. The van der Waals surface area contributed by atoms with Crippen LogP contribution in [0.25, 0.3) is 0 Å². The van der Waals surface area contributed by atoms with E-state index in [1.807, 2.05) is 0 Å². The van der Waals surface area contributed by atoms with Gasteiger partial charge in [0.25, 0.3) is 0 Å². The smallest absolute Gasteiger partial charge is 0.103 e. The Morgan fingerprint density at radius 1 is 1.24 bits per heavy atom. The normalized spacial score (nSPS) is 24.8. The second kappa shape index (κ2) is 6.18. The van der Waals surface area contributed by atoms with Gasteiger partial charge in [0.1, 0.15) is 6.54 Å². The number of likely N-dealkylation sites (tertiary alicyclic amines) is 1. The van der Waals surface area contributed by atoms with Crippen molar-refractivity contribution in [2.75, 3.05) is 19.7 Å². The van der Waals surface area contributed by atoms with Crippen LogP contribution in [0, 0.1) is 5.92 Å². The molecule has 0 saturated carbocycles. The van der Waals surface area contributed by atoms with Gasteiger partial charge in [-0.1, -0.05) is 31.2 Å². The minimum atomic E-state index is 0.359. The average molecular weight is 234 g/mol. The maximum Gasteiger partial charge on any atom is 0.103 e. The molecule has 0 amide bonds. The molecule has 0 bridgehead atoms. The molecule has 0 aliphatic carbocycles. The van der Waals surface area contributed by atoms with Crippen LogP contribution in [0.2, 0.25) is 0 Å². The molecular weight excluding hydrogens is 210 g/mol. The summed E-state index contributed by atoms with van der Waals surface area (Å²) >= 11 is 0. The lowest BCUT2D eigenvalue weighted by Crippen LogP contribution is -3.12. The molecule has 1 aliphatic rings. The number of aliphatic hydroxyl groups is 1. The van der Waals surface area contributed by atoms with Crippen LogP contribution in [0.3, 0.4) is 0 Å². The zero-order valence-electron chi connectivity index (χ0n) is 10.8. The number of hydrogen-bond acceptors (Lipinski definition) is 1. The number of rotatable bonds is 4. The maximum atomic E-state index is 9.23. The number of aryl methyl sites for hydroxylation is 1. The zero-order valence-corrected chi connectivity index (χ0v) is 10.8. The van der Waals surface area contributed by atoms with Crippen LogP contribution in [-0.2, 0) is 13.0 Å². The number of hydrogen-bond donors (Lipinski definition) is 2. The molecule has 0 radical (unpaired) electrons. The Kier molecular flexibility index (Phi) is 4.57. The first-order chi connectivity index (χ1) is 8.31. The molecule has 94 valence electrons. The fourth-order valence-electron chi connectivity index (χ4n) is 2.75. The molecule has 2 heteroatoms. The molecule has 2 atom stereocenters. The van der Waals surface area contributed by atoms with Gasteiger partial charge in [0.05, 0.1) is 19.7 Å². The fourth-order valence-corrected chi connectivity index (χ4v) is 2.75. The van der Waals surface area contributed by atoms with Gasteiger partial charge in [0.15, 0.2) is 0 Å². The van der Waals surface area contributed by atoms with Gasteiger partial charge in [-0.05, 0) is 24.8 Å². The van der Waals surface area contributed by atoms with Gasteiger partial charge in [-0.3, -0.25) is 0 Å². The first kappa shape index (κ1) is 12.6. The summed E-state index contributed by atoms with van der Waals surface area (Å²) in [5, 5.41) is 9.23. The summed E-state index contributed by atoms with van der Waals surface area (Å²) in [6.45, 7) is 6.05. The van der Waals surface area contributed by atoms with Crippen molar-refractivity contribution in [1.82, 2.24) is 0 Å². The maximum absolute atomic E-state index is 9.23. The Morgan fingerprint density at radius 3 is 2.59 bits per heavy atom. The number of piperidine rings is 1. The number of benzene rings is 1. The summed E-state index contributed by atoms with van der Waals surface area (Å²) in [7, 11) is 0. The Morgan fingerprint density at radius 2 is 1.94 bits per heavy atom. The molecule has 0 spiro atoms. The predicted molar refractivity (Wildman–Crippen MR) is 70.0 cm³/mol. The lowest BCUT2D eigenvalue weighted by atomic mass is 9.98. The van der Waals surface area contributed by atoms with E-state index in [0.717, 1.165) is 19.5 Å². The third kappa shape index (κ3) is 3.55. The van der Waals surface area contributed by atoms with E-state index in [1.165, 1.54) is 30.5 Å². The Bertz CT molecular complexity index is 333. The van der Waals surface area contributed by atoms with Crippen molar-refractivity contribution >= 4 is 0 Å². The van der Waals surface area contributed by atoms with Crippen LogP contribution in [0.4, 0.5) is 0 Å². The molecule has 0 aromatic heterocycles. The third-order valence-electron chi connectivity index (χ3n) is 3.86. The highest BCUT2D eigenvalue weighted by Gasteiger charge is 2.22.